The monoisotopic (exact) mass is 517 g/mol. The molecule has 1 N–H and O–H groups in total. The first kappa shape index (κ1) is 26.8. The van der Waals surface area contributed by atoms with E-state index in [1.165, 1.54) is 49.3 Å². The second-order valence-corrected chi connectivity index (χ2v) is 11.9. The van der Waals surface area contributed by atoms with E-state index in [9.17, 15) is 9.59 Å². The van der Waals surface area contributed by atoms with Gasteiger partial charge in [0.25, 0.3) is 0 Å². The average molecular weight is 518 g/mol. The van der Waals surface area contributed by atoms with Crippen molar-refractivity contribution in [3.05, 3.63) is 59.2 Å². The maximum atomic E-state index is 12.2. The maximum absolute atomic E-state index is 12.2. The van der Waals surface area contributed by atoms with Gasteiger partial charge < -0.3 is 14.8 Å². The molecule has 0 aromatic heterocycles. The lowest BCUT2D eigenvalue weighted by Gasteiger charge is -2.50. The van der Waals surface area contributed by atoms with Crippen LogP contribution in [0.4, 0.5) is 0 Å². The van der Waals surface area contributed by atoms with Crippen molar-refractivity contribution in [2.75, 3.05) is 0 Å². The van der Waals surface area contributed by atoms with Gasteiger partial charge in [-0.3, -0.25) is 9.59 Å². The van der Waals surface area contributed by atoms with E-state index in [1.54, 1.807) is 6.92 Å². The number of aryl methyl sites for hydroxylation is 1. The summed E-state index contributed by atoms with van der Waals surface area (Å²) in [6.07, 6.45) is 11.2. The number of benzene rings is 2. The van der Waals surface area contributed by atoms with Crippen LogP contribution in [0, 0.1) is 11.8 Å². The summed E-state index contributed by atoms with van der Waals surface area (Å²) in [7, 11) is 0. The molecule has 2 aromatic rings. The molecule has 0 aliphatic heterocycles. The molecule has 0 heterocycles. The summed E-state index contributed by atoms with van der Waals surface area (Å²) in [6, 6.07) is 15.0. The first-order chi connectivity index (χ1) is 18.4. The van der Waals surface area contributed by atoms with E-state index in [-0.39, 0.29) is 24.0 Å². The van der Waals surface area contributed by atoms with Crippen LogP contribution in [-0.4, -0.2) is 24.0 Å². The lowest BCUT2D eigenvalue weighted by atomic mass is 9.55. The summed E-state index contributed by atoms with van der Waals surface area (Å²) in [5.74, 6) is 3.24. The molecule has 6 unspecified atom stereocenters. The van der Waals surface area contributed by atoms with Gasteiger partial charge >= 0.3 is 5.97 Å². The first-order valence-corrected chi connectivity index (χ1v) is 14.7. The molecule has 2 fully saturated rings. The Labute approximate surface area is 227 Å². The SMILES string of the molecule is CC(=O)NC1CCC2C(C1)c1c(OC(C)=O)cc(OC(C)CCCc3ccccc3)cc1C1CCCCC12. The third kappa shape index (κ3) is 6.08. The second-order valence-electron chi connectivity index (χ2n) is 11.9. The molecule has 1 amide bonds. The third-order valence-electron chi connectivity index (χ3n) is 9.11. The van der Waals surface area contributed by atoms with Crippen molar-refractivity contribution in [3.8, 4) is 11.5 Å². The summed E-state index contributed by atoms with van der Waals surface area (Å²) in [5, 5.41) is 3.18. The number of hydrogen-bond donors (Lipinski definition) is 1. The van der Waals surface area contributed by atoms with Crippen molar-refractivity contribution in [2.45, 2.75) is 109 Å². The Kier molecular flexibility index (Phi) is 8.40. The number of carbonyl (C=O) groups is 2. The van der Waals surface area contributed by atoms with Gasteiger partial charge in [0.05, 0.1) is 6.10 Å². The lowest BCUT2D eigenvalue weighted by molar-refractivity contribution is -0.132. The minimum absolute atomic E-state index is 0.0326. The number of nitrogens with one attached hydrogen (secondary N) is 1. The van der Waals surface area contributed by atoms with Gasteiger partial charge in [0, 0.05) is 31.5 Å². The molecule has 2 aromatic carbocycles. The van der Waals surface area contributed by atoms with E-state index in [0.717, 1.165) is 44.3 Å². The normalized spacial score (nSPS) is 26.8. The molecular formula is C33H43NO4. The van der Waals surface area contributed by atoms with E-state index in [2.05, 4.69) is 48.6 Å². The number of rotatable bonds is 8. The van der Waals surface area contributed by atoms with Crippen molar-refractivity contribution in [1.29, 1.82) is 0 Å². The van der Waals surface area contributed by atoms with Gasteiger partial charge in [-0.15, -0.1) is 0 Å². The van der Waals surface area contributed by atoms with Crippen LogP contribution in [0.15, 0.2) is 42.5 Å². The van der Waals surface area contributed by atoms with Gasteiger partial charge in [0.15, 0.2) is 0 Å². The first-order valence-electron chi connectivity index (χ1n) is 14.7. The number of carbonyl (C=O) groups excluding carboxylic acids is 2. The van der Waals surface area contributed by atoms with Crippen molar-refractivity contribution in [3.63, 3.8) is 0 Å². The molecule has 5 heteroatoms. The Morgan fingerprint density at radius 3 is 2.50 bits per heavy atom. The quantitative estimate of drug-likeness (QED) is 0.300. The highest BCUT2D eigenvalue weighted by atomic mass is 16.5. The zero-order valence-corrected chi connectivity index (χ0v) is 23.2. The molecule has 6 atom stereocenters. The van der Waals surface area contributed by atoms with Crippen LogP contribution < -0.4 is 14.8 Å². The average Bonchev–Trinajstić information content (AvgIpc) is 2.88. The van der Waals surface area contributed by atoms with Crippen molar-refractivity contribution >= 4 is 11.9 Å². The fraction of sp³-hybridized carbons (Fsp3) is 0.576. The molecule has 3 aliphatic rings. The van der Waals surface area contributed by atoms with Gasteiger partial charge in [-0.2, -0.15) is 0 Å². The fourth-order valence-electron chi connectivity index (χ4n) is 7.68. The molecule has 5 nitrogen and oxygen atoms in total. The van der Waals surface area contributed by atoms with Crippen LogP contribution in [-0.2, 0) is 16.0 Å². The van der Waals surface area contributed by atoms with E-state index >= 15 is 0 Å². The topological polar surface area (TPSA) is 64.6 Å². The molecule has 5 rings (SSSR count). The number of fused-ring (bicyclic) bond motifs is 6. The number of amides is 1. The molecule has 0 spiro atoms. The summed E-state index contributed by atoms with van der Waals surface area (Å²) in [4.78, 5) is 24.1. The smallest absolute Gasteiger partial charge is 0.308 e. The molecule has 2 saturated carbocycles. The van der Waals surface area contributed by atoms with E-state index in [0.29, 0.717) is 29.4 Å². The predicted octanol–water partition coefficient (Wildman–Crippen LogP) is 7.08. The fourth-order valence-corrected chi connectivity index (χ4v) is 7.68. The molecule has 38 heavy (non-hydrogen) atoms. The minimum Gasteiger partial charge on any atom is -0.491 e. The van der Waals surface area contributed by atoms with Crippen LogP contribution in [0.25, 0.3) is 0 Å². The molecule has 204 valence electrons. The zero-order valence-electron chi connectivity index (χ0n) is 23.2. The Bertz CT molecular complexity index is 1130. The number of hydrogen-bond acceptors (Lipinski definition) is 4. The largest absolute Gasteiger partial charge is 0.491 e. The van der Waals surface area contributed by atoms with Crippen LogP contribution in [0.5, 0.6) is 11.5 Å². The molecule has 3 aliphatic carbocycles. The highest BCUT2D eigenvalue weighted by molar-refractivity contribution is 5.73. The van der Waals surface area contributed by atoms with Crippen molar-refractivity contribution < 1.29 is 19.1 Å². The second kappa shape index (κ2) is 11.9. The van der Waals surface area contributed by atoms with Crippen LogP contribution in [0.3, 0.4) is 0 Å². The molecular weight excluding hydrogens is 474 g/mol. The number of esters is 1. The van der Waals surface area contributed by atoms with Crippen LogP contribution in [0.2, 0.25) is 0 Å². The van der Waals surface area contributed by atoms with Crippen molar-refractivity contribution in [1.82, 2.24) is 5.32 Å². The summed E-state index contributed by atoms with van der Waals surface area (Å²) in [6.45, 7) is 5.22. The number of ether oxygens (including phenoxy) is 2. The Hall–Kier alpha value is -2.82. The predicted molar refractivity (Wildman–Crippen MR) is 150 cm³/mol. The Morgan fingerprint density at radius 2 is 1.74 bits per heavy atom. The van der Waals surface area contributed by atoms with E-state index < -0.39 is 0 Å². The molecule has 0 saturated heterocycles. The summed E-state index contributed by atoms with van der Waals surface area (Å²) >= 11 is 0. The highest BCUT2D eigenvalue weighted by Crippen LogP contribution is 2.59. The van der Waals surface area contributed by atoms with Gasteiger partial charge in [-0.25, -0.2) is 0 Å². The van der Waals surface area contributed by atoms with Crippen LogP contribution in [0.1, 0.15) is 107 Å². The third-order valence-corrected chi connectivity index (χ3v) is 9.11. The summed E-state index contributed by atoms with van der Waals surface area (Å²) in [5.41, 5.74) is 3.88. The zero-order chi connectivity index (χ0) is 26.6. The van der Waals surface area contributed by atoms with Gasteiger partial charge in [0.2, 0.25) is 5.91 Å². The van der Waals surface area contributed by atoms with Gasteiger partial charge in [-0.05, 0) is 99.2 Å². The highest BCUT2D eigenvalue weighted by Gasteiger charge is 2.47. The van der Waals surface area contributed by atoms with Crippen LogP contribution >= 0.6 is 0 Å². The lowest BCUT2D eigenvalue weighted by Crippen LogP contribution is -2.44. The van der Waals surface area contributed by atoms with Gasteiger partial charge in [0.1, 0.15) is 11.5 Å². The van der Waals surface area contributed by atoms with Crippen molar-refractivity contribution in [2.24, 2.45) is 11.8 Å². The minimum atomic E-state index is -0.295. The van der Waals surface area contributed by atoms with E-state index in [1.807, 2.05) is 6.07 Å². The van der Waals surface area contributed by atoms with E-state index in [4.69, 9.17) is 9.47 Å². The molecule has 0 radical (unpaired) electrons. The molecule has 0 bridgehead atoms. The Balaban J connectivity index is 1.41. The maximum Gasteiger partial charge on any atom is 0.308 e. The summed E-state index contributed by atoms with van der Waals surface area (Å²) < 4.78 is 12.4. The standard InChI is InChI=1S/C33H43NO4/c1-21(10-9-13-24-11-5-4-6-12-24)37-26-19-31-28-15-8-7-14-27(28)29-17-16-25(34-22(2)35)18-30(29)33(31)32(20-26)38-23(3)36/h4-6,11-12,19-21,25,27-30H,7-10,13-18H2,1-3H3,(H,34,35). The Morgan fingerprint density at radius 1 is 0.974 bits per heavy atom. The van der Waals surface area contributed by atoms with Gasteiger partial charge in [-0.1, -0.05) is 43.2 Å².